The second kappa shape index (κ2) is 6.99. The van der Waals surface area contributed by atoms with Gasteiger partial charge in [-0.25, -0.2) is 8.42 Å². The minimum absolute atomic E-state index is 0.0882. The Kier molecular flexibility index (Phi) is 4.91. The van der Waals surface area contributed by atoms with Crippen LogP contribution in [-0.4, -0.2) is 33.7 Å². The summed E-state index contributed by atoms with van der Waals surface area (Å²) >= 11 is 0. The molecule has 1 aliphatic rings. The molecule has 0 unspecified atom stereocenters. The van der Waals surface area contributed by atoms with Crippen LogP contribution in [0.25, 0.3) is 0 Å². The first kappa shape index (κ1) is 18.3. The third kappa shape index (κ3) is 3.99. The average molecular weight is 374 g/mol. The monoisotopic (exact) mass is 374 g/mol. The maximum Gasteiger partial charge on any atom is 0.262 e. The number of fused-ring (bicyclic) bond motifs is 1. The van der Waals surface area contributed by atoms with Gasteiger partial charge in [0.25, 0.3) is 5.91 Å². The van der Waals surface area contributed by atoms with Gasteiger partial charge >= 0.3 is 0 Å². The second-order valence-electron chi connectivity index (χ2n) is 6.51. The molecule has 138 valence electrons. The highest BCUT2D eigenvalue weighted by atomic mass is 32.2. The summed E-state index contributed by atoms with van der Waals surface area (Å²) < 4.78 is 30.4. The number of aryl methyl sites for hydroxylation is 2. The van der Waals surface area contributed by atoms with Gasteiger partial charge in [-0.3, -0.25) is 9.10 Å². The van der Waals surface area contributed by atoms with Crippen LogP contribution in [0.1, 0.15) is 16.7 Å². The van der Waals surface area contributed by atoms with Gasteiger partial charge in [0, 0.05) is 12.2 Å². The molecular formula is C19H22N2O4S. The minimum atomic E-state index is -3.27. The smallest absolute Gasteiger partial charge is 0.262 e. The Labute approximate surface area is 153 Å². The molecule has 0 fully saturated rings. The number of carbonyl (C=O) groups excluding carboxylic acids is 1. The zero-order valence-corrected chi connectivity index (χ0v) is 15.9. The van der Waals surface area contributed by atoms with E-state index in [-0.39, 0.29) is 12.5 Å². The van der Waals surface area contributed by atoms with E-state index in [1.54, 1.807) is 12.1 Å². The molecule has 6 nitrogen and oxygen atoms in total. The molecule has 2 aromatic carbocycles. The summed E-state index contributed by atoms with van der Waals surface area (Å²) in [6.07, 6.45) is 1.83. The summed E-state index contributed by atoms with van der Waals surface area (Å²) in [5.74, 6) is 0.391. The molecule has 0 spiro atoms. The number of sulfonamides is 1. The zero-order valence-electron chi connectivity index (χ0n) is 15.1. The van der Waals surface area contributed by atoms with Crippen molar-refractivity contribution in [3.8, 4) is 5.75 Å². The van der Waals surface area contributed by atoms with Crippen molar-refractivity contribution in [2.24, 2.45) is 0 Å². The third-order valence-corrected chi connectivity index (χ3v) is 5.64. The van der Waals surface area contributed by atoms with Crippen molar-refractivity contribution in [2.75, 3.05) is 29.0 Å². The topological polar surface area (TPSA) is 75.7 Å². The van der Waals surface area contributed by atoms with E-state index in [0.717, 1.165) is 11.1 Å². The van der Waals surface area contributed by atoms with Crippen LogP contribution in [0.15, 0.2) is 36.4 Å². The van der Waals surface area contributed by atoms with Crippen molar-refractivity contribution < 1.29 is 17.9 Å². The SMILES string of the molecule is Cc1ccc(OCC(=O)Nc2ccc3c(c2)CCN3S(C)(=O)=O)cc1C. The average Bonchev–Trinajstić information content (AvgIpc) is 2.99. The van der Waals surface area contributed by atoms with Gasteiger partial charge in [0.1, 0.15) is 5.75 Å². The van der Waals surface area contributed by atoms with Crippen molar-refractivity contribution in [3.05, 3.63) is 53.1 Å². The predicted molar refractivity (Wildman–Crippen MR) is 102 cm³/mol. The van der Waals surface area contributed by atoms with Crippen LogP contribution in [-0.2, 0) is 21.2 Å². The molecule has 7 heteroatoms. The van der Waals surface area contributed by atoms with E-state index < -0.39 is 10.0 Å². The van der Waals surface area contributed by atoms with Gasteiger partial charge in [0.2, 0.25) is 10.0 Å². The molecule has 0 aromatic heterocycles. The molecule has 1 amide bonds. The summed E-state index contributed by atoms with van der Waals surface area (Å²) in [5, 5.41) is 2.79. The Morgan fingerprint density at radius 2 is 1.92 bits per heavy atom. The van der Waals surface area contributed by atoms with E-state index in [1.807, 2.05) is 38.1 Å². The van der Waals surface area contributed by atoms with Crippen LogP contribution < -0.4 is 14.4 Å². The van der Waals surface area contributed by atoms with Gasteiger partial charge in [-0.05, 0) is 67.3 Å². The molecule has 1 N–H and O–H groups in total. The Bertz CT molecular complexity index is 954. The molecule has 0 radical (unpaired) electrons. The van der Waals surface area contributed by atoms with E-state index in [0.29, 0.717) is 30.1 Å². The maximum atomic E-state index is 12.1. The number of hydrogen-bond donors (Lipinski definition) is 1. The number of anilines is 2. The summed E-state index contributed by atoms with van der Waals surface area (Å²) in [7, 11) is -3.27. The molecule has 0 bridgehead atoms. The highest BCUT2D eigenvalue weighted by molar-refractivity contribution is 7.92. The molecule has 1 aliphatic heterocycles. The first-order valence-corrected chi connectivity index (χ1v) is 10.2. The molecule has 3 rings (SSSR count). The van der Waals surface area contributed by atoms with E-state index in [4.69, 9.17) is 4.74 Å². The van der Waals surface area contributed by atoms with E-state index in [2.05, 4.69) is 5.32 Å². The van der Waals surface area contributed by atoms with Gasteiger partial charge in [0.15, 0.2) is 6.61 Å². The minimum Gasteiger partial charge on any atom is -0.484 e. The molecule has 0 aliphatic carbocycles. The van der Waals surface area contributed by atoms with Crippen LogP contribution in [0.2, 0.25) is 0 Å². The molecular weight excluding hydrogens is 352 g/mol. The van der Waals surface area contributed by atoms with Crippen LogP contribution in [0.5, 0.6) is 5.75 Å². The lowest BCUT2D eigenvalue weighted by Gasteiger charge is -2.16. The molecule has 2 aromatic rings. The quantitative estimate of drug-likeness (QED) is 0.873. The van der Waals surface area contributed by atoms with E-state index in [9.17, 15) is 13.2 Å². The molecule has 26 heavy (non-hydrogen) atoms. The fourth-order valence-corrected chi connectivity index (χ4v) is 3.90. The number of rotatable bonds is 5. The fourth-order valence-electron chi connectivity index (χ4n) is 2.94. The van der Waals surface area contributed by atoms with Gasteiger partial charge in [-0.15, -0.1) is 0 Å². The Balaban J connectivity index is 1.62. The highest BCUT2D eigenvalue weighted by Gasteiger charge is 2.26. The molecule has 0 saturated carbocycles. The van der Waals surface area contributed by atoms with Crippen LogP contribution >= 0.6 is 0 Å². The Hall–Kier alpha value is -2.54. The molecule has 0 saturated heterocycles. The summed E-state index contributed by atoms with van der Waals surface area (Å²) in [6.45, 7) is 4.35. The molecule has 0 atom stereocenters. The molecule has 1 heterocycles. The predicted octanol–water partition coefficient (Wildman–Crippen LogP) is 2.64. The lowest BCUT2D eigenvalue weighted by molar-refractivity contribution is -0.118. The van der Waals surface area contributed by atoms with Gasteiger partial charge in [-0.2, -0.15) is 0 Å². The van der Waals surface area contributed by atoms with Gasteiger partial charge in [-0.1, -0.05) is 6.07 Å². The number of hydrogen-bond acceptors (Lipinski definition) is 4. The van der Waals surface area contributed by atoms with Crippen LogP contribution in [0, 0.1) is 13.8 Å². The zero-order chi connectivity index (χ0) is 18.9. The first-order valence-electron chi connectivity index (χ1n) is 8.34. The largest absolute Gasteiger partial charge is 0.484 e. The van der Waals surface area contributed by atoms with Crippen molar-refractivity contribution in [1.82, 2.24) is 0 Å². The van der Waals surface area contributed by atoms with E-state index >= 15 is 0 Å². The van der Waals surface area contributed by atoms with Gasteiger partial charge < -0.3 is 10.1 Å². The third-order valence-electron chi connectivity index (χ3n) is 4.46. The second-order valence-corrected chi connectivity index (χ2v) is 8.42. The maximum absolute atomic E-state index is 12.1. The van der Waals surface area contributed by atoms with E-state index in [1.165, 1.54) is 16.1 Å². The highest BCUT2D eigenvalue weighted by Crippen LogP contribution is 2.32. The Morgan fingerprint density at radius 1 is 1.15 bits per heavy atom. The van der Waals surface area contributed by atoms with Crippen LogP contribution in [0.3, 0.4) is 0 Å². The van der Waals surface area contributed by atoms with Crippen molar-refractivity contribution in [2.45, 2.75) is 20.3 Å². The number of amides is 1. The summed E-state index contributed by atoms with van der Waals surface area (Å²) in [5.41, 5.74) is 4.49. The van der Waals surface area contributed by atoms with Crippen molar-refractivity contribution >= 4 is 27.3 Å². The Morgan fingerprint density at radius 3 is 2.62 bits per heavy atom. The number of ether oxygens (including phenoxy) is 1. The number of nitrogens with zero attached hydrogens (tertiary/aromatic N) is 1. The standard InChI is InChI=1S/C19H22N2O4S/c1-13-4-6-17(10-14(13)2)25-12-19(22)20-16-5-7-18-15(11-16)8-9-21(18)26(3,23)24/h4-7,10-11H,8-9,12H2,1-3H3,(H,20,22). The lowest BCUT2D eigenvalue weighted by atomic mass is 10.1. The number of benzene rings is 2. The number of nitrogens with one attached hydrogen (secondary N) is 1. The van der Waals surface area contributed by atoms with Crippen LogP contribution in [0.4, 0.5) is 11.4 Å². The van der Waals surface area contributed by atoms with Crippen molar-refractivity contribution in [3.63, 3.8) is 0 Å². The fraction of sp³-hybridized carbons (Fsp3) is 0.316. The normalized spacial score (nSPS) is 13.4. The first-order chi connectivity index (χ1) is 12.2. The lowest BCUT2D eigenvalue weighted by Crippen LogP contribution is -2.27. The summed E-state index contributed by atoms with van der Waals surface area (Å²) in [6, 6.07) is 10.9. The van der Waals surface area contributed by atoms with Gasteiger partial charge in [0.05, 0.1) is 11.9 Å². The summed E-state index contributed by atoms with van der Waals surface area (Å²) in [4.78, 5) is 12.1. The van der Waals surface area contributed by atoms with Crippen molar-refractivity contribution in [1.29, 1.82) is 0 Å². The number of carbonyl (C=O) groups is 1.